The summed E-state index contributed by atoms with van der Waals surface area (Å²) < 4.78 is 42.3. The molecule has 0 aliphatic carbocycles. The van der Waals surface area contributed by atoms with Crippen molar-refractivity contribution in [3.63, 3.8) is 0 Å². The van der Waals surface area contributed by atoms with E-state index in [4.69, 9.17) is 33.2 Å². The van der Waals surface area contributed by atoms with Crippen molar-refractivity contribution in [3.8, 4) is 46.3 Å². The fourth-order valence-electron chi connectivity index (χ4n) is 10.7. The highest BCUT2D eigenvalue weighted by Crippen LogP contribution is 2.63. The maximum absolute atomic E-state index is 15.1. The summed E-state index contributed by atoms with van der Waals surface area (Å²) >= 11 is 1.45. The highest BCUT2D eigenvalue weighted by molar-refractivity contribution is 7.99. The van der Waals surface area contributed by atoms with Crippen LogP contribution in [0.25, 0.3) is 6.08 Å². The lowest BCUT2D eigenvalue weighted by molar-refractivity contribution is -0.155. The Balaban J connectivity index is 1.14. The molecule has 7 aliphatic rings. The third kappa shape index (κ3) is 6.47. The summed E-state index contributed by atoms with van der Waals surface area (Å²) in [5.74, 6) is 0.383. The van der Waals surface area contributed by atoms with Crippen LogP contribution in [-0.4, -0.2) is 86.0 Å². The van der Waals surface area contributed by atoms with Gasteiger partial charge in [-0.25, -0.2) is 9.59 Å². The number of carbonyl (C=O) groups is 3. The second kappa shape index (κ2) is 16.1. The first-order valence-electron chi connectivity index (χ1n) is 21.1. The molecule has 7 heterocycles. The molecule has 4 aromatic carbocycles. The summed E-state index contributed by atoms with van der Waals surface area (Å²) in [6, 6.07) is 14.4. The number of thioether (sulfide) groups is 1. The number of ether oxygens (including phenoxy) is 7. The summed E-state index contributed by atoms with van der Waals surface area (Å²) in [5.41, 5.74) is 4.91. The minimum absolute atomic E-state index is 0.00834. The summed E-state index contributed by atoms with van der Waals surface area (Å²) in [6.45, 7) is 5.13. The van der Waals surface area contributed by atoms with Crippen molar-refractivity contribution in [3.05, 3.63) is 105 Å². The number of carbonyl (C=O) groups excluding carboxylic acids is 3. The molecule has 0 radical (unpaired) electrons. The molecule has 15 nitrogen and oxygen atoms in total. The molecular formula is C48H46N4O11S. The minimum Gasteiger partial charge on any atom is -0.504 e. The van der Waals surface area contributed by atoms with E-state index in [9.17, 15) is 20.0 Å². The van der Waals surface area contributed by atoms with Gasteiger partial charge in [-0.05, 0) is 72.7 Å². The number of phenolic OH excluding ortho intramolecular Hbond substituents is 1. The van der Waals surface area contributed by atoms with Gasteiger partial charge in [-0.2, -0.15) is 5.26 Å². The summed E-state index contributed by atoms with van der Waals surface area (Å²) in [5, 5.41) is 29.8. The van der Waals surface area contributed by atoms with Crippen molar-refractivity contribution >= 4 is 35.7 Å². The number of phenols is 1. The fraction of sp³-hybridized carbons (Fsp3) is 0.375. The maximum Gasteiger partial charge on any atom is 0.336 e. The Morgan fingerprint density at radius 2 is 1.78 bits per heavy atom. The topological polar surface area (TPSA) is 187 Å². The number of hydrogen-bond donors (Lipinski definition) is 3. The van der Waals surface area contributed by atoms with Gasteiger partial charge in [0.15, 0.2) is 40.0 Å². The number of aryl methyl sites for hydroxylation is 1. The number of nitriles is 1. The zero-order valence-corrected chi connectivity index (χ0v) is 36.6. The zero-order chi connectivity index (χ0) is 44.6. The van der Waals surface area contributed by atoms with Gasteiger partial charge in [0.25, 0.3) is 0 Å². The monoisotopic (exact) mass is 886 g/mol. The predicted molar refractivity (Wildman–Crippen MR) is 233 cm³/mol. The first kappa shape index (κ1) is 41.7. The van der Waals surface area contributed by atoms with Crippen LogP contribution < -0.4 is 39.1 Å². The van der Waals surface area contributed by atoms with Gasteiger partial charge < -0.3 is 43.6 Å². The SMILES string of the molecule is COc1cc2c(cc1OC(=O)/C=C/c1ccccc1)CCN[C@]21CS[C@@H]2c3c(OC(C)=O)c(C)c4c(c3[C@@H](COC1=O)N1C2[C@H]2N[C@H](Cc3cc(C)c(OC)c(O)c32)[C@@H]1C#N)OCO4. The van der Waals surface area contributed by atoms with Crippen molar-refractivity contribution < 1.29 is 52.6 Å². The van der Waals surface area contributed by atoms with Crippen LogP contribution in [0.4, 0.5) is 0 Å². The van der Waals surface area contributed by atoms with Gasteiger partial charge in [-0.1, -0.05) is 36.4 Å². The molecule has 0 aromatic heterocycles. The Kier molecular flexibility index (Phi) is 10.5. The lowest BCUT2D eigenvalue weighted by Gasteiger charge is -2.59. The Labute approximate surface area is 373 Å². The van der Waals surface area contributed by atoms with Crippen LogP contribution >= 0.6 is 11.8 Å². The highest BCUT2D eigenvalue weighted by Gasteiger charge is 2.60. The number of fused-ring (bicyclic) bond motifs is 9. The van der Waals surface area contributed by atoms with Gasteiger partial charge in [0, 0.05) is 59.6 Å². The van der Waals surface area contributed by atoms with Crippen LogP contribution in [-0.2, 0) is 37.5 Å². The molecule has 4 aromatic rings. The number of piperazine rings is 1. The second-order valence-electron chi connectivity index (χ2n) is 16.8. The smallest absolute Gasteiger partial charge is 0.336 e. The van der Waals surface area contributed by atoms with Crippen molar-refractivity contribution in [1.29, 1.82) is 5.26 Å². The van der Waals surface area contributed by atoms with Crippen molar-refractivity contribution in [2.45, 2.75) is 74.6 Å². The standard InChI is InChI=1S/C48H46N4O11S/c1-23-15-28-16-30-31(19-49)52-32-20-59-47(56)48(29-18-33(57-4)34(17-27(29)13-14-50-48)63-35(54)12-11-26-9-7-6-8-10-26)21-64-46(40(52)39(51-30)36(28)41(55)42(23)58-5)38-37(32)45-44(60-22-61-45)24(2)43(38)62-25(3)53/h6-12,15,17-18,30-32,39-40,46,50-51,55H,13-14,16,20-22H2,1-5H3/b12-11+/t30-,31+,32-,39+,40?,46-,48-/m1/s1. The van der Waals surface area contributed by atoms with Gasteiger partial charge in [-0.3, -0.25) is 15.0 Å². The predicted octanol–water partition coefficient (Wildman–Crippen LogP) is 5.56. The average molecular weight is 887 g/mol. The molecule has 64 heavy (non-hydrogen) atoms. The van der Waals surface area contributed by atoms with Gasteiger partial charge in [0.1, 0.15) is 18.4 Å². The van der Waals surface area contributed by atoms with Crippen LogP contribution in [0.15, 0.2) is 54.6 Å². The van der Waals surface area contributed by atoms with Crippen LogP contribution in [0.1, 0.15) is 74.3 Å². The van der Waals surface area contributed by atoms with E-state index in [1.807, 2.05) is 50.2 Å². The molecule has 330 valence electrons. The number of nitrogens with zero attached hydrogens (tertiary/aromatic N) is 2. The van der Waals surface area contributed by atoms with E-state index in [0.29, 0.717) is 70.2 Å². The molecule has 0 amide bonds. The maximum atomic E-state index is 15.1. The Hall–Kier alpha value is -6.25. The summed E-state index contributed by atoms with van der Waals surface area (Å²) in [7, 11) is 2.99. The van der Waals surface area contributed by atoms with E-state index in [0.717, 1.165) is 22.3 Å². The molecule has 2 fully saturated rings. The molecule has 4 bridgehead atoms. The Morgan fingerprint density at radius 3 is 2.53 bits per heavy atom. The van der Waals surface area contributed by atoms with Crippen molar-refractivity contribution in [2.24, 2.45) is 0 Å². The van der Waals surface area contributed by atoms with E-state index >= 15 is 4.79 Å². The number of benzene rings is 4. The molecule has 7 aliphatic heterocycles. The number of methoxy groups -OCH3 is 2. The van der Waals surface area contributed by atoms with Crippen molar-refractivity contribution in [2.75, 3.05) is 39.9 Å². The van der Waals surface area contributed by atoms with E-state index in [1.54, 1.807) is 18.2 Å². The molecule has 11 rings (SSSR count). The number of esters is 3. The molecule has 2 saturated heterocycles. The minimum atomic E-state index is -1.44. The van der Waals surface area contributed by atoms with Crippen LogP contribution in [0.3, 0.4) is 0 Å². The van der Waals surface area contributed by atoms with E-state index in [1.165, 1.54) is 39.0 Å². The van der Waals surface area contributed by atoms with E-state index in [2.05, 4.69) is 21.6 Å². The third-order valence-corrected chi connectivity index (χ3v) is 14.8. The average Bonchev–Trinajstić information content (AvgIpc) is 3.78. The molecule has 16 heteroatoms. The number of hydrogen-bond acceptors (Lipinski definition) is 16. The Morgan fingerprint density at radius 1 is 0.984 bits per heavy atom. The molecular weight excluding hydrogens is 841 g/mol. The van der Waals surface area contributed by atoms with Gasteiger partial charge >= 0.3 is 17.9 Å². The van der Waals surface area contributed by atoms with Crippen LogP contribution in [0, 0.1) is 25.2 Å². The van der Waals surface area contributed by atoms with Crippen LogP contribution in [0.5, 0.6) is 40.2 Å². The summed E-state index contributed by atoms with van der Waals surface area (Å²) in [6.07, 6.45) is 3.96. The first-order valence-corrected chi connectivity index (χ1v) is 22.2. The molecule has 1 spiro atoms. The van der Waals surface area contributed by atoms with Crippen LogP contribution in [0.2, 0.25) is 0 Å². The first-order chi connectivity index (χ1) is 31.0. The largest absolute Gasteiger partial charge is 0.504 e. The normalized spacial score (nSPS) is 26.2. The molecule has 3 N–H and O–H groups in total. The van der Waals surface area contributed by atoms with Gasteiger partial charge in [0.05, 0.1) is 37.6 Å². The Bertz CT molecular complexity index is 2700. The lowest BCUT2D eigenvalue weighted by Crippen LogP contribution is -2.69. The van der Waals surface area contributed by atoms with Gasteiger partial charge in [0.2, 0.25) is 6.79 Å². The number of rotatable bonds is 6. The quantitative estimate of drug-likeness (QED) is 0.124. The highest BCUT2D eigenvalue weighted by atomic mass is 32.2. The van der Waals surface area contributed by atoms with Crippen molar-refractivity contribution in [1.82, 2.24) is 15.5 Å². The number of nitrogens with one attached hydrogen (secondary N) is 2. The molecule has 1 unspecified atom stereocenters. The zero-order valence-electron chi connectivity index (χ0n) is 35.8. The molecule has 0 saturated carbocycles. The lowest BCUT2D eigenvalue weighted by atomic mass is 9.72. The van der Waals surface area contributed by atoms with E-state index in [-0.39, 0.29) is 42.4 Å². The van der Waals surface area contributed by atoms with E-state index < -0.39 is 52.9 Å². The summed E-state index contributed by atoms with van der Waals surface area (Å²) in [4.78, 5) is 43.3. The third-order valence-electron chi connectivity index (χ3n) is 13.3. The number of aromatic hydroxyl groups is 1. The second-order valence-corrected chi connectivity index (χ2v) is 17.9. The van der Waals surface area contributed by atoms with Gasteiger partial charge in [-0.15, -0.1) is 11.8 Å². The fourth-order valence-corrected chi connectivity index (χ4v) is 12.4. The molecule has 7 atom stereocenters.